The summed E-state index contributed by atoms with van der Waals surface area (Å²) in [6.07, 6.45) is 2.38. The minimum Gasteiger partial charge on any atom is -0.507 e. The predicted molar refractivity (Wildman–Crippen MR) is 156 cm³/mol. The average molecular weight is 523 g/mol. The van der Waals surface area contributed by atoms with Crippen molar-refractivity contribution < 1.29 is 19.7 Å². The van der Waals surface area contributed by atoms with Crippen LogP contribution in [-0.4, -0.2) is 43.2 Å². The molecule has 0 bridgehead atoms. The largest absolute Gasteiger partial charge is 0.507 e. The molecule has 0 heterocycles. The normalized spacial score (nSPS) is 12.9. The number of aliphatic imine (C=N–C) groups is 1. The number of methoxy groups -OCH3 is 2. The summed E-state index contributed by atoms with van der Waals surface area (Å²) in [7, 11) is 3.14. The lowest BCUT2D eigenvalue weighted by Gasteiger charge is -2.36. The molecule has 0 fully saturated rings. The quantitative estimate of drug-likeness (QED) is 0.120. The fraction of sp³-hybridized carbons (Fsp3) is 0.182. The molecule has 0 aliphatic heterocycles. The van der Waals surface area contributed by atoms with Crippen LogP contribution in [0.5, 0.6) is 23.0 Å². The van der Waals surface area contributed by atoms with Gasteiger partial charge in [-0.05, 0) is 36.2 Å². The third-order valence-corrected chi connectivity index (χ3v) is 6.70. The number of nitrogens with one attached hydrogen (secondary N) is 1. The lowest BCUT2D eigenvalue weighted by Crippen LogP contribution is -2.44. The molecule has 1 atom stereocenters. The van der Waals surface area contributed by atoms with E-state index in [0.717, 1.165) is 16.7 Å². The molecule has 0 aliphatic rings. The molecule has 4 aromatic carbocycles. The van der Waals surface area contributed by atoms with E-state index >= 15 is 0 Å². The molecule has 3 N–H and O–H groups in total. The highest BCUT2D eigenvalue weighted by molar-refractivity contribution is 6.14. The number of nitrogens with zero attached hydrogens (tertiary/aromatic N) is 1. The smallest absolute Gasteiger partial charge is 0.128 e. The highest BCUT2D eigenvalue weighted by atomic mass is 16.5. The standard InChI is InChI=1S/C33H34N2O4/c1-4-19-33(25-13-9-6-10-14-25,29-18-16-27(39-3)23-31(29)37)35-21-20-34-32(24-11-7-5-8-12-24)28-17-15-26(38-2)22-30(28)36/h4-18,22-23,35-37H,1,19-21H2,2-3H3/t33-/m0/s1. The number of benzene rings is 4. The van der Waals surface area contributed by atoms with Crippen LogP contribution >= 0.6 is 0 Å². The van der Waals surface area contributed by atoms with Crippen molar-refractivity contribution in [3.63, 3.8) is 0 Å². The minimum atomic E-state index is -0.746. The van der Waals surface area contributed by atoms with E-state index in [1.807, 2.05) is 91.0 Å². The summed E-state index contributed by atoms with van der Waals surface area (Å²) in [5.41, 5.74) is 3.16. The molecule has 0 aromatic heterocycles. The van der Waals surface area contributed by atoms with Crippen LogP contribution in [0.25, 0.3) is 0 Å². The zero-order valence-corrected chi connectivity index (χ0v) is 22.3. The topological polar surface area (TPSA) is 83.3 Å². The van der Waals surface area contributed by atoms with Gasteiger partial charge in [-0.25, -0.2) is 0 Å². The van der Waals surface area contributed by atoms with E-state index < -0.39 is 5.54 Å². The number of hydrogen-bond donors (Lipinski definition) is 3. The molecule has 0 amide bonds. The summed E-state index contributed by atoms with van der Waals surface area (Å²) < 4.78 is 10.6. The number of rotatable bonds is 12. The van der Waals surface area contributed by atoms with Gasteiger partial charge < -0.3 is 25.0 Å². The highest BCUT2D eigenvalue weighted by Crippen LogP contribution is 2.40. The second-order valence-electron chi connectivity index (χ2n) is 9.05. The number of aromatic hydroxyl groups is 2. The predicted octanol–water partition coefficient (Wildman–Crippen LogP) is 6.06. The molecule has 4 aromatic rings. The second kappa shape index (κ2) is 12.8. The van der Waals surface area contributed by atoms with E-state index in [1.165, 1.54) is 0 Å². The van der Waals surface area contributed by atoms with E-state index in [4.69, 9.17) is 14.5 Å². The van der Waals surface area contributed by atoms with Gasteiger partial charge in [0.15, 0.2) is 0 Å². The van der Waals surface area contributed by atoms with E-state index in [2.05, 4.69) is 11.9 Å². The number of phenols is 2. The third kappa shape index (κ3) is 6.13. The van der Waals surface area contributed by atoms with Gasteiger partial charge in [0.2, 0.25) is 0 Å². The summed E-state index contributed by atoms with van der Waals surface area (Å²) in [6.45, 7) is 4.91. The van der Waals surface area contributed by atoms with Crippen LogP contribution in [0, 0.1) is 0 Å². The molecule has 0 saturated heterocycles. The molecule has 0 saturated carbocycles. The lowest BCUT2D eigenvalue weighted by atomic mass is 9.79. The maximum Gasteiger partial charge on any atom is 0.128 e. The SMILES string of the molecule is C=CC[C@](NCCN=C(c1ccccc1)c1ccc(OC)cc1O)(c1ccccc1)c1ccc(OC)cc1O. The molecule has 6 heteroatoms. The monoisotopic (exact) mass is 522 g/mol. The Labute approximate surface area is 229 Å². The molecule has 0 unspecified atom stereocenters. The van der Waals surface area contributed by atoms with E-state index in [0.29, 0.717) is 42.3 Å². The van der Waals surface area contributed by atoms with Gasteiger partial charge in [0, 0.05) is 35.4 Å². The van der Waals surface area contributed by atoms with Crippen LogP contribution in [0.1, 0.15) is 28.7 Å². The van der Waals surface area contributed by atoms with Crippen LogP contribution in [0.3, 0.4) is 0 Å². The fourth-order valence-electron chi connectivity index (χ4n) is 4.79. The fourth-order valence-corrected chi connectivity index (χ4v) is 4.79. The Morgan fingerprint density at radius 1 is 0.846 bits per heavy atom. The van der Waals surface area contributed by atoms with Gasteiger partial charge in [-0.15, -0.1) is 6.58 Å². The number of phenolic OH excluding ortho intramolecular Hbond substituents is 2. The first-order valence-corrected chi connectivity index (χ1v) is 12.8. The number of hydrogen-bond acceptors (Lipinski definition) is 6. The van der Waals surface area contributed by atoms with Crippen molar-refractivity contribution in [2.24, 2.45) is 4.99 Å². The van der Waals surface area contributed by atoms with E-state index in [9.17, 15) is 10.2 Å². The maximum absolute atomic E-state index is 11.0. The van der Waals surface area contributed by atoms with Crippen molar-refractivity contribution in [2.45, 2.75) is 12.0 Å². The summed E-state index contributed by atoms with van der Waals surface area (Å²) in [5.74, 6) is 1.37. The van der Waals surface area contributed by atoms with Crippen molar-refractivity contribution in [2.75, 3.05) is 27.3 Å². The van der Waals surface area contributed by atoms with Crippen molar-refractivity contribution in [3.8, 4) is 23.0 Å². The minimum absolute atomic E-state index is 0.0957. The first kappa shape index (κ1) is 27.5. The van der Waals surface area contributed by atoms with Gasteiger partial charge in [-0.3, -0.25) is 4.99 Å². The molecule has 200 valence electrons. The second-order valence-corrected chi connectivity index (χ2v) is 9.05. The summed E-state index contributed by atoms with van der Waals surface area (Å²) in [4.78, 5) is 4.93. The Kier molecular flexibility index (Phi) is 9.02. The van der Waals surface area contributed by atoms with Crippen LogP contribution in [-0.2, 0) is 5.54 Å². The number of ether oxygens (including phenoxy) is 2. The molecule has 0 aliphatic carbocycles. The van der Waals surface area contributed by atoms with Crippen molar-refractivity contribution in [1.29, 1.82) is 0 Å². The van der Waals surface area contributed by atoms with Gasteiger partial charge in [0.05, 0.1) is 32.0 Å². The highest BCUT2D eigenvalue weighted by Gasteiger charge is 2.35. The first-order valence-electron chi connectivity index (χ1n) is 12.8. The van der Waals surface area contributed by atoms with E-state index in [-0.39, 0.29) is 11.5 Å². The molecular weight excluding hydrogens is 488 g/mol. The molecule has 6 nitrogen and oxygen atoms in total. The molecule has 0 spiro atoms. The van der Waals surface area contributed by atoms with Gasteiger partial charge >= 0.3 is 0 Å². The van der Waals surface area contributed by atoms with Crippen LogP contribution in [0.4, 0.5) is 0 Å². The van der Waals surface area contributed by atoms with E-state index in [1.54, 1.807) is 26.4 Å². The Hall–Kier alpha value is -4.55. The molecule has 4 rings (SSSR count). The zero-order chi connectivity index (χ0) is 27.7. The van der Waals surface area contributed by atoms with Crippen LogP contribution < -0.4 is 14.8 Å². The maximum atomic E-state index is 11.0. The van der Waals surface area contributed by atoms with Gasteiger partial charge in [0.25, 0.3) is 0 Å². The first-order chi connectivity index (χ1) is 19.0. The van der Waals surface area contributed by atoms with Gasteiger partial charge in [-0.2, -0.15) is 0 Å². The summed E-state index contributed by atoms with van der Waals surface area (Å²) in [6, 6.07) is 30.3. The Bertz CT molecular complexity index is 1420. The Morgan fingerprint density at radius 3 is 2.05 bits per heavy atom. The zero-order valence-electron chi connectivity index (χ0n) is 22.3. The van der Waals surface area contributed by atoms with Crippen LogP contribution in [0.15, 0.2) is 115 Å². The van der Waals surface area contributed by atoms with Crippen molar-refractivity contribution >= 4 is 5.71 Å². The van der Waals surface area contributed by atoms with Gasteiger partial charge in [-0.1, -0.05) is 66.7 Å². The molecular formula is C33H34N2O4. The average Bonchev–Trinajstić information content (AvgIpc) is 2.98. The molecule has 0 radical (unpaired) electrons. The van der Waals surface area contributed by atoms with Crippen molar-refractivity contribution in [3.05, 3.63) is 132 Å². The lowest BCUT2D eigenvalue weighted by molar-refractivity contribution is 0.373. The van der Waals surface area contributed by atoms with Crippen LogP contribution in [0.2, 0.25) is 0 Å². The summed E-state index contributed by atoms with van der Waals surface area (Å²) in [5, 5.41) is 25.5. The van der Waals surface area contributed by atoms with Crippen molar-refractivity contribution in [1.82, 2.24) is 5.32 Å². The molecule has 39 heavy (non-hydrogen) atoms. The third-order valence-electron chi connectivity index (χ3n) is 6.70. The Morgan fingerprint density at radius 2 is 1.46 bits per heavy atom. The Balaban J connectivity index is 1.70. The van der Waals surface area contributed by atoms with Gasteiger partial charge in [0.1, 0.15) is 23.0 Å². The summed E-state index contributed by atoms with van der Waals surface area (Å²) >= 11 is 0.